The Balaban J connectivity index is 1.69. The average molecular weight is 574 g/mol. The van der Waals surface area contributed by atoms with E-state index in [0.717, 1.165) is 11.4 Å². The van der Waals surface area contributed by atoms with Gasteiger partial charge in [0.05, 0.1) is 10.6 Å². The number of benzene rings is 1. The van der Waals surface area contributed by atoms with E-state index >= 15 is 4.39 Å². The van der Waals surface area contributed by atoms with Gasteiger partial charge in [-0.3, -0.25) is 9.79 Å². The van der Waals surface area contributed by atoms with Gasteiger partial charge in [0.15, 0.2) is 11.5 Å². The third-order valence-electron chi connectivity index (χ3n) is 8.38. The number of anilines is 1. The van der Waals surface area contributed by atoms with Gasteiger partial charge in [0.2, 0.25) is 5.91 Å². The highest BCUT2D eigenvalue weighted by Crippen LogP contribution is 2.42. The molecule has 0 N–H and O–H groups in total. The highest BCUT2D eigenvalue weighted by Gasteiger charge is 2.43. The zero-order valence-electron chi connectivity index (χ0n) is 23.3. The maximum absolute atomic E-state index is 15.6. The minimum Gasteiger partial charge on any atom is -0.349 e. The molecule has 3 aliphatic heterocycles. The average Bonchev–Trinajstić information content (AvgIpc) is 2.96. The van der Waals surface area contributed by atoms with Gasteiger partial charge in [0.25, 0.3) is 0 Å². The van der Waals surface area contributed by atoms with Gasteiger partial charge in [-0.2, -0.15) is 4.98 Å². The van der Waals surface area contributed by atoms with Gasteiger partial charge in [-0.05, 0) is 44.0 Å². The lowest BCUT2D eigenvalue weighted by molar-refractivity contribution is -0.679. The third-order valence-corrected chi connectivity index (χ3v) is 8.67. The van der Waals surface area contributed by atoms with Crippen molar-refractivity contribution in [3.8, 4) is 11.3 Å². The molecule has 3 aromatic rings. The number of carbonyl (C=O) groups excluding carboxylic acids is 1. The molecule has 0 radical (unpaired) electrons. The van der Waals surface area contributed by atoms with Crippen LogP contribution in [-0.4, -0.2) is 52.2 Å². The van der Waals surface area contributed by atoms with E-state index in [2.05, 4.69) is 25.1 Å². The largest absolute Gasteiger partial charge is 0.441 e. The van der Waals surface area contributed by atoms with Gasteiger partial charge in [-0.1, -0.05) is 49.9 Å². The normalized spacial score (nSPS) is 21.7. The quantitative estimate of drug-likeness (QED) is 0.330. The smallest absolute Gasteiger partial charge is 0.349 e. The first-order valence-corrected chi connectivity index (χ1v) is 14.1. The highest BCUT2D eigenvalue weighted by atomic mass is 35.5. The molecular weight excluding hydrogens is 543 g/mol. The monoisotopic (exact) mass is 573 g/mol. The standard InChI is InChI=1S/C31H31ClFN6O2/c1-6-20-9-8-10-23(33)25(20)28-22(32)15-21-29(37-14-13-36(16-18(37)4)24(40)7-2)35-31(41)39-27-17(3)11-12-34-26(27)19(5)38(28)30(21)39/h6-10,12,15,17-19H,1-2,11,13-14,16H2,3-5H3/q+1/t17?,18-,19?/m0/s1. The van der Waals surface area contributed by atoms with Crippen LogP contribution in [0, 0.1) is 11.7 Å². The molecule has 0 aliphatic carbocycles. The van der Waals surface area contributed by atoms with E-state index < -0.39 is 11.5 Å². The van der Waals surface area contributed by atoms with Crippen LogP contribution in [-0.2, 0) is 4.79 Å². The van der Waals surface area contributed by atoms with E-state index in [1.54, 1.807) is 33.7 Å². The predicted molar refractivity (Wildman–Crippen MR) is 160 cm³/mol. The zero-order valence-corrected chi connectivity index (χ0v) is 24.0. The number of piperazine rings is 1. The van der Waals surface area contributed by atoms with Crippen molar-refractivity contribution in [1.82, 2.24) is 14.5 Å². The molecule has 0 saturated carbocycles. The van der Waals surface area contributed by atoms with E-state index in [-0.39, 0.29) is 23.9 Å². The molecule has 1 aromatic carbocycles. The molecular formula is C31H31ClFN6O2+. The maximum Gasteiger partial charge on any atom is 0.441 e. The molecule has 8 nitrogen and oxygen atoms in total. The van der Waals surface area contributed by atoms with Gasteiger partial charge in [0.1, 0.15) is 28.6 Å². The van der Waals surface area contributed by atoms with Gasteiger partial charge < -0.3 is 9.80 Å². The first-order valence-electron chi connectivity index (χ1n) is 13.7. The lowest BCUT2D eigenvalue weighted by Gasteiger charge is -2.40. The molecule has 6 rings (SSSR count). The molecule has 2 aromatic heterocycles. The number of pyridine rings is 1. The number of fused-ring (bicyclic) bond motifs is 1. The van der Waals surface area contributed by atoms with E-state index in [1.807, 2.05) is 29.5 Å². The first kappa shape index (κ1) is 27.1. The molecule has 210 valence electrons. The van der Waals surface area contributed by atoms with Gasteiger partial charge in [-0.15, -0.1) is 4.57 Å². The number of allylic oxidation sites excluding steroid dienone is 2. The molecule has 5 heterocycles. The fourth-order valence-electron chi connectivity index (χ4n) is 6.43. The van der Waals surface area contributed by atoms with E-state index in [1.165, 1.54) is 12.1 Å². The minimum atomic E-state index is -0.445. The molecule has 1 fully saturated rings. The summed E-state index contributed by atoms with van der Waals surface area (Å²) >= 11 is 7.06. The Morgan fingerprint density at radius 3 is 2.71 bits per heavy atom. The molecule has 3 atom stereocenters. The predicted octanol–water partition coefficient (Wildman–Crippen LogP) is 4.86. The summed E-state index contributed by atoms with van der Waals surface area (Å²) in [6, 6.07) is 6.11. The van der Waals surface area contributed by atoms with Crippen LogP contribution < -0.4 is 15.2 Å². The van der Waals surface area contributed by atoms with Gasteiger partial charge >= 0.3 is 11.3 Å². The molecule has 0 spiro atoms. The first-order chi connectivity index (χ1) is 19.7. The summed E-state index contributed by atoms with van der Waals surface area (Å²) < 4.78 is 19.2. The van der Waals surface area contributed by atoms with Crippen LogP contribution in [0.15, 0.2) is 59.0 Å². The number of rotatable bonds is 4. The van der Waals surface area contributed by atoms with Gasteiger partial charge in [-0.25, -0.2) is 13.8 Å². The second-order valence-corrected chi connectivity index (χ2v) is 11.2. The van der Waals surface area contributed by atoms with E-state index in [9.17, 15) is 9.59 Å². The van der Waals surface area contributed by atoms with Crippen LogP contribution in [0.4, 0.5) is 10.2 Å². The summed E-state index contributed by atoms with van der Waals surface area (Å²) in [5.74, 6) is -0.0642. The van der Waals surface area contributed by atoms with Crippen LogP contribution in [0.25, 0.3) is 34.1 Å². The van der Waals surface area contributed by atoms with E-state index in [0.29, 0.717) is 64.7 Å². The Kier molecular flexibility index (Phi) is 6.65. The molecule has 0 bridgehead atoms. The molecule has 2 unspecified atom stereocenters. The van der Waals surface area contributed by atoms with Crippen molar-refractivity contribution >= 4 is 52.3 Å². The molecule has 41 heavy (non-hydrogen) atoms. The second kappa shape index (κ2) is 10.1. The minimum absolute atomic E-state index is 0.0240. The number of aliphatic imine (C=N–C) groups is 1. The summed E-state index contributed by atoms with van der Waals surface area (Å²) in [5.41, 5.74) is 3.01. The number of halogens is 2. The van der Waals surface area contributed by atoms with Crippen molar-refractivity contribution in [1.29, 1.82) is 0 Å². The van der Waals surface area contributed by atoms with Crippen molar-refractivity contribution in [2.24, 2.45) is 10.9 Å². The van der Waals surface area contributed by atoms with Crippen LogP contribution in [0.5, 0.6) is 0 Å². The third kappa shape index (κ3) is 4.05. The fraction of sp³-hybridized carbons (Fsp3) is 0.323. The number of aromatic nitrogens is 3. The summed E-state index contributed by atoms with van der Waals surface area (Å²) in [6.07, 6.45) is 5.46. The SMILES string of the molecule is C=CC(=O)N1CCN(c2nc(=O)n3c4c2cc(Cl)c(-c2c(F)cccc2C=C)[n+]4C(C)C2=C3C(C)CC=N2)[C@@H](C)C1. The fourth-order valence-corrected chi connectivity index (χ4v) is 6.72. The number of nitrogens with zero attached hydrogens (tertiary/aromatic N) is 6. The number of hydrogen-bond acceptors (Lipinski definition) is 5. The number of carbonyl (C=O) groups is 1. The molecule has 1 saturated heterocycles. The van der Waals surface area contributed by atoms with Crippen molar-refractivity contribution in [3.05, 3.63) is 76.1 Å². The summed E-state index contributed by atoms with van der Waals surface area (Å²) in [7, 11) is 0. The Labute approximate surface area is 242 Å². The highest BCUT2D eigenvalue weighted by molar-refractivity contribution is 6.33. The Hall–Kier alpha value is -4.11. The summed E-state index contributed by atoms with van der Waals surface area (Å²) in [6.45, 7) is 15.0. The summed E-state index contributed by atoms with van der Waals surface area (Å²) in [5, 5.41) is 0.987. The second-order valence-electron chi connectivity index (χ2n) is 10.8. The zero-order chi connectivity index (χ0) is 29.2. The Morgan fingerprint density at radius 1 is 1.22 bits per heavy atom. The van der Waals surface area contributed by atoms with Crippen molar-refractivity contribution < 1.29 is 13.8 Å². The number of amides is 1. The van der Waals surface area contributed by atoms with E-state index in [4.69, 9.17) is 16.6 Å². The lowest BCUT2D eigenvalue weighted by Crippen LogP contribution is -2.55. The molecule has 1 amide bonds. The van der Waals surface area contributed by atoms with Crippen molar-refractivity contribution in [2.45, 2.75) is 39.3 Å². The van der Waals surface area contributed by atoms with Crippen LogP contribution in [0.3, 0.4) is 0 Å². The molecule has 3 aliphatic rings. The Morgan fingerprint density at radius 2 is 2.00 bits per heavy atom. The van der Waals surface area contributed by atoms with Crippen LogP contribution >= 0.6 is 11.6 Å². The number of hydrogen-bond donors (Lipinski definition) is 0. The Bertz CT molecular complexity index is 1780. The van der Waals surface area contributed by atoms with Crippen LogP contribution in [0.1, 0.15) is 38.8 Å². The maximum atomic E-state index is 15.6. The topological polar surface area (TPSA) is 74.7 Å². The van der Waals surface area contributed by atoms with Crippen molar-refractivity contribution in [3.63, 3.8) is 0 Å². The summed E-state index contributed by atoms with van der Waals surface area (Å²) in [4.78, 5) is 39.4. The van der Waals surface area contributed by atoms with Crippen molar-refractivity contribution in [2.75, 3.05) is 24.5 Å². The lowest BCUT2D eigenvalue weighted by atomic mass is 9.94. The molecule has 10 heteroatoms. The van der Waals surface area contributed by atoms with Gasteiger partial charge in [0, 0.05) is 37.8 Å². The van der Waals surface area contributed by atoms with Crippen LogP contribution in [0.2, 0.25) is 5.02 Å².